The zero-order valence-corrected chi connectivity index (χ0v) is 26.2. The zero-order valence-electron chi connectivity index (χ0n) is 23.1. The number of rotatable bonds is 6. The number of fused-ring (bicyclic) bond motifs is 3. The van der Waals surface area contributed by atoms with Gasteiger partial charge in [0, 0.05) is 18.7 Å². The Bertz CT molecular complexity index is 1340. The fourth-order valence-electron chi connectivity index (χ4n) is 4.83. The minimum absolute atomic E-state index is 0. The van der Waals surface area contributed by atoms with Crippen LogP contribution in [0.3, 0.4) is 0 Å². The van der Waals surface area contributed by atoms with Crippen LogP contribution in [0.5, 0.6) is 0 Å². The predicted molar refractivity (Wildman–Crippen MR) is 143 cm³/mol. The number of amides is 1. The van der Waals surface area contributed by atoms with Gasteiger partial charge in [0.05, 0.1) is 6.42 Å². The fourth-order valence-corrected chi connectivity index (χ4v) is 4.83. The average molecular weight is 563 g/mol. The van der Waals surface area contributed by atoms with Crippen LogP contribution in [0.2, 0.25) is 0 Å². The average Bonchev–Trinajstić information content (AvgIpc) is 3.15. The van der Waals surface area contributed by atoms with Crippen molar-refractivity contribution in [1.29, 1.82) is 0 Å². The number of carbonyl (C=O) groups excluding carboxylic acids is 2. The Morgan fingerprint density at radius 3 is 2.00 bits per heavy atom. The number of nitrogens with zero attached hydrogens (tertiary/aromatic N) is 1. The van der Waals surface area contributed by atoms with E-state index in [1.54, 1.807) is 20.8 Å². The first-order valence-electron chi connectivity index (χ1n) is 12.4. The maximum absolute atomic E-state index is 13.9. The molecule has 0 fully saturated rings. The van der Waals surface area contributed by atoms with E-state index in [-0.39, 0.29) is 87.1 Å². The number of hydrogen-bond acceptors (Lipinski definition) is 4. The van der Waals surface area contributed by atoms with E-state index in [4.69, 9.17) is 9.47 Å². The molecular formula is C29H30BF3KNO4. The second-order valence-electron chi connectivity index (χ2n) is 10.5. The van der Waals surface area contributed by atoms with Crippen LogP contribution in [0.15, 0.2) is 60.7 Å². The van der Waals surface area contributed by atoms with Gasteiger partial charge in [0.1, 0.15) is 12.2 Å². The summed E-state index contributed by atoms with van der Waals surface area (Å²) in [5.74, 6) is -0.836. The largest absolute Gasteiger partial charge is 1.00 e. The van der Waals surface area contributed by atoms with Gasteiger partial charge in [-0.15, -0.1) is 5.46 Å². The van der Waals surface area contributed by atoms with Crippen molar-refractivity contribution >= 4 is 30.2 Å². The van der Waals surface area contributed by atoms with Crippen LogP contribution in [-0.2, 0) is 20.7 Å². The van der Waals surface area contributed by atoms with E-state index in [1.165, 1.54) is 20.0 Å². The summed E-state index contributed by atoms with van der Waals surface area (Å²) in [6.07, 6.45) is -1.14. The molecule has 0 radical (unpaired) electrons. The summed E-state index contributed by atoms with van der Waals surface area (Å²) in [7, 11) is 1.36. The number of esters is 1. The summed E-state index contributed by atoms with van der Waals surface area (Å²) in [5.41, 5.74) is 2.62. The molecule has 0 saturated carbocycles. The summed E-state index contributed by atoms with van der Waals surface area (Å²) in [6.45, 7) is 1.01. The summed E-state index contributed by atoms with van der Waals surface area (Å²) < 4.78 is 52.7. The molecule has 3 aromatic carbocycles. The summed E-state index contributed by atoms with van der Waals surface area (Å²) in [6, 6.07) is 18.1. The predicted octanol–water partition coefficient (Wildman–Crippen LogP) is 3.32. The van der Waals surface area contributed by atoms with Gasteiger partial charge in [-0.2, -0.15) is 0 Å². The van der Waals surface area contributed by atoms with E-state index in [0.29, 0.717) is 0 Å². The van der Waals surface area contributed by atoms with Crippen molar-refractivity contribution in [3.05, 3.63) is 82.9 Å². The topological polar surface area (TPSA) is 55.8 Å². The van der Waals surface area contributed by atoms with E-state index < -0.39 is 30.1 Å². The van der Waals surface area contributed by atoms with Crippen molar-refractivity contribution in [3.8, 4) is 11.1 Å². The van der Waals surface area contributed by atoms with Gasteiger partial charge in [0.15, 0.2) is 0 Å². The maximum atomic E-state index is 13.9. The molecule has 0 N–H and O–H groups in total. The van der Waals surface area contributed by atoms with Gasteiger partial charge in [0.25, 0.3) is 0 Å². The molecule has 0 spiro atoms. The molecule has 0 aromatic heterocycles. The molecule has 4 rings (SSSR count). The number of benzene rings is 3. The number of halogens is 3. The fraction of sp³-hybridized carbons (Fsp3) is 0.310. The van der Waals surface area contributed by atoms with Crippen molar-refractivity contribution in [2.24, 2.45) is 0 Å². The summed E-state index contributed by atoms with van der Waals surface area (Å²) in [4.78, 5) is 26.5. The van der Waals surface area contributed by atoms with Crippen molar-refractivity contribution in [1.82, 2.24) is 0 Å². The Morgan fingerprint density at radius 1 is 0.949 bits per heavy atom. The molecule has 0 aliphatic heterocycles. The van der Waals surface area contributed by atoms with E-state index in [9.17, 15) is 22.5 Å². The molecule has 3 aromatic rings. The van der Waals surface area contributed by atoms with Crippen LogP contribution in [0.4, 0.5) is 23.4 Å². The van der Waals surface area contributed by atoms with Gasteiger partial charge in [-0.3, -0.25) is 9.69 Å². The van der Waals surface area contributed by atoms with E-state index in [2.05, 4.69) is 0 Å². The minimum Gasteiger partial charge on any atom is -0.460 e. The van der Waals surface area contributed by atoms with Gasteiger partial charge in [-0.05, 0) is 61.6 Å². The number of hydrogen-bond donors (Lipinski definition) is 0. The smallest absolute Gasteiger partial charge is 0.460 e. The van der Waals surface area contributed by atoms with Crippen LogP contribution < -0.4 is 61.7 Å². The quantitative estimate of drug-likeness (QED) is 0.341. The third-order valence-electron chi connectivity index (χ3n) is 6.64. The molecule has 1 aliphatic carbocycles. The standard InChI is InChI=1S/C29H30BF3NO4.K/c1-18-19(15-27(35)38-29(2,3)4)14-20(16-26(18)30(31,32)33)34(5)28(36)37-17-25-23-12-8-6-10-21(23)22-11-7-9-13-24(22)25;/h6-14,16,25H,15,17H2,1-5H3;/q-1;+1. The molecule has 5 nitrogen and oxygen atoms in total. The summed E-state index contributed by atoms with van der Waals surface area (Å²) >= 11 is 0. The Kier molecular flexibility index (Phi) is 9.81. The number of carbonyl (C=O) groups is 2. The zero-order chi connectivity index (χ0) is 27.8. The number of anilines is 1. The molecule has 200 valence electrons. The monoisotopic (exact) mass is 563 g/mol. The van der Waals surface area contributed by atoms with Gasteiger partial charge in [-0.1, -0.05) is 60.2 Å². The Labute approximate surface area is 269 Å². The van der Waals surface area contributed by atoms with Gasteiger partial charge >= 0.3 is 70.4 Å². The van der Waals surface area contributed by atoms with Crippen molar-refractivity contribution in [2.45, 2.75) is 45.6 Å². The molecule has 10 heteroatoms. The Balaban J connectivity index is 0.00000420. The third kappa shape index (κ3) is 7.16. The second-order valence-corrected chi connectivity index (χ2v) is 10.5. The molecule has 0 heterocycles. The van der Waals surface area contributed by atoms with E-state index in [0.717, 1.165) is 33.2 Å². The molecule has 0 unspecified atom stereocenters. The van der Waals surface area contributed by atoms with Gasteiger partial charge in [-0.25, -0.2) is 4.79 Å². The van der Waals surface area contributed by atoms with Crippen LogP contribution in [0, 0.1) is 6.92 Å². The SMILES string of the molecule is Cc1c(CC(=O)OC(C)(C)C)cc(N(C)C(=O)OCC2c3ccccc3-c3ccccc32)cc1[B-](F)(F)F.[K+]. The first kappa shape index (κ1) is 31.4. The van der Waals surface area contributed by atoms with Crippen molar-refractivity contribution in [2.75, 3.05) is 18.6 Å². The van der Waals surface area contributed by atoms with E-state index in [1.807, 2.05) is 48.5 Å². The normalized spacial score (nSPS) is 12.7. The molecule has 1 aliphatic rings. The first-order valence-corrected chi connectivity index (χ1v) is 12.4. The van der Waals surface area contributed by atoms with Gasteiger partial charge in [0.2, 0.25) is 0 Å². The minimum atomic E-state index is -5.39. The number of ether oxygens (including phenoxy) is 2. The first-order chi connectivity index (χ1) is 17.8. The summed E-state index contributed by atoms with van der Waals surface area (Å²) in [5, 5.41) is 0. The van der Waals surface area contributed by atoms with Crippen LogP contribution in [0.1, 0.15) is 48.9 Å². The van der Waals surface area contributed by atoms with Crippen molar-refractivity contribution in [3.63, 3.8) is 0 Å². The molecule has 39 heavy (non-hydrogen) atoms. The Hall–Kier alpha value is -2.11. The molecule has 0 bridgehead atoms. The van der Waals surface area contributed by atoms with Crippen LogP contribution in [0.25, 0.3) is 11.1 Å². The van der Waals surface area contributed by atoms with Crippen LogP contribution >= 0.6 is 0 Å². The van der Waals surface area contributed by atoms with Crippen LogP contribution in [-0.4, -0.2) is 38.3 Å². The third-order valence-corrected chi connectivity index (χ3v) is 6.64. The Morgan fingerprint density at radius 2 is 1.49 bits per heavy atom. The molecule has 0 atom stereocenters. The maximum Gasteiger partial charge on any atom is 1.00 e. The van der Waals surface area contributed by atoms with Crippen molar-refractivity contribution < 1.29 is 83.4 Å². The van der Waals surface area contributed by atoms with E-state index >= 15 is 0 Å². The molecule has 1 amide bonds. The van der Waals surface area contributed by atoms with Gasteiger partial charge < -0.3 is 22.4 Å². The molecule has 0 saturated heterocycles. The molecular weight excluding hydrogens is 533 g/mol. The second kappa shape index (κ2) is 12.2.